The standard InChI is InChI=1S/C12H15ClN2O2/c1-17-12(16)8-4-5-9-10(13)14-11(7-2-3-7)15(9)6-8/h7-8H,2-6H2,1H3. The molecular weight excluding hydrogens is 240 g/mol. The predicted octanol–water partition coefficient (Wildman–Crippen LogP) is 2.15. The second-order valence-corrected chi connectivity index (χ2v) is 5.21. The molecule has 1 aliphatic carbocycles. The molecule has 0 spiro atoms. The maximum absolute atomic E-state index is 11.6. The van der Waals surface area contributed by atoms with Crippen molar-refractivity contribution in [3.05, 3.63) is 16.7 Å². The van der Waals surface area contributed by atoms with Crippen molar-refractivity contribution in [3.63, 3.8) is 0 Å². The Bertz CT molecular complexity index is 465. The number of hydrogen-bond donors (Lipinski definition) is 0. The number of carbonyl (C=O) groups is 1. The fraction of sp³-hybridized carbons (Fsp3) is 0.667. The van der Waals surface area contributed by atoms with Crippen LogP contribution in [0.1, 0.15) is 36.7 Å². The number of esters is 1. The molecule has 1 aromatic rings. The number of rotatable bonds is 2. The number of aromatic nitrogens is 2. The lowest BCUT2D eigenvalue weighted by atomic mass is 9.98. The molecule has 92 valence electrons. The van der Waals surface area contributed by atoms with E-state index in [1.807, 2.05) is 0 Å². The molecule has 3 rings (SSSR count). The maximum Gasteiger partial charge on any atom is 0.310 e. The molecule has 17 heavy (non-hydrogen) atoms. The van der Waals surface area contributed by atoms with E-state index in [4.69, 9.17) is 16.3 Å². The van der Waals surface area contributed by atoms with Crippen molar-refractivity contribution in [1.29, 1.82) is 0 Å². The molecule has 1 aliphatic heterocycles. The van der Waals surface area contributed by atoms with E-state index in [0.29, 0.717) is 17.6 Å². The number of hydrogen-bond acceptors (Lipinski definition) is 3. The van der Waals surface area contributed by atoms with Crippen LogP contribution in [0.15, 0.2) is 0 Å². The average molecular weight is 255 g/mol. The van der Waals surface area contributed by atoms with Crippen LogP contribution in [-0.2, 0) is 22.5 Å². The summed E-state index contributed by atoms with van der Waals surface area (Å²) >= 11 is 6.15. The Kier molecular flexibility index (Phi) is 2.62. The molecule has 0 saturated heterocycles. The second kappa shape index (κ2) is 4.02. The first-order valence-electron chi connectivity index (χ1n) is 6.03. The predicted molar refractivity (Wildman–Crippen MR) is 63.0 cm³/mol. The highest BCUT2D eigenvalue weighted by Gasteiger charge is 2.35. The quantitative estimate of drug-likeness (QED) is 0.760. The minimum absolute atomic E-state index is 0.0460. The van der Waals surface area contributed by atoms with Crippen LogP contribution >= 0.6 is 11.6 Å². The first-order valence-corrected chi connectivity index (χ1v) is 6.41. The van der Waals surface area contributed by atoms with E-state index >= 15 is 0 Å². The zero-order valence-electron chi connectivity index (χ0n) is 9.78. The van der Waals surface area contributed by atoms with E-state index in [9.17, 15) is 4.79 Å². The van der Waals surface area contributed by atoms with E-state index in [1.54, 1.807) is 0 Å². The van der Waals surface area contributed by atoms with Gasteiger partial charge in [0, 0.05) is 12.5 Å². The third-order valence-corrected chi connectivity index (χ3v) is 3.97. The average Bonchev–Trinajstić information content (AvgIpc) is 3.14. The Morgan fingerprint density at radius 3 is 2.88 bits per heavy atom. The SMILES string of the molecule is COC(=O)C1CCc2c(Cl)nc(C3CC3)n2C1. The largest absolute Gasteiger partial charge is 0.469 e. The van der Waals surface area contributed by atoms with Gasteiger partial charge in [-0.25, -0.2) is 4.98 Å². The number of fused-ring (bicyclic) bond motifs is 1. The van der Waals surface area contributed by atoms with E-state index in [1.165, 1.54) is 20.0 Å². The summed E-state index contributed by atoms with van der Waals surface area (Å²) in [5.41, 5.74) is 1.09. The number of carbonyl (C=O) groups excluding carboxylic acids is 1. The van der Waals surface area contributed by atoms with Crippen LogP contribution in [0.5, 0.6) is 0 Å². The van der Waals surface area contributed by atoms with E-state index in [0.717, 1.165) is 24.4 Å². The van der Waals surface area contributed by atoms with Gasteiger partial charge in [-0.1, -0.05) is 11.6 Å². The molecule has 1 fully saturated rings. The molecular formula is C12H15ClN2O2. The van der Waals surface area contributed by atoms with Crippen LogP contribution in [0.25, 0.3) is 0 Å². The van der Waals surface area contributed by atoms with Crippen LogP contribution in [0.4, 0.5) is 0 Å². The minimum Gasteiger partial charge on any atom is -0.469 e. The van der Waals surface area contributed by atoms with Gasteiger partial charge < -0.3 is 9.30 Å². The summed E-state index contributed by atoms with van der Waals surface area (Å²) in [6.07, 6.45) is 4.01. The molecule has 5 heteroatoms. The minimum atomic E-state index is -0.123. The van der Waals surface area contributed by atoms with Crippen molar-refractivity contribution in [2.75, 3.05) is 7.11 Å². The van der Waals surface area contributed by atoms with Crippen molar-refractivity contribution in [2.24, 2.45) is 5.92 Å². The maximum atomic E-state index is 11.6. The molecule has 0 N–H and O–H groups in total. The summed E-state index contributed by atoms with van der Waals surface area (Å²) in [5, 5.41) is 0.621. The summed E-state index contributed by atoms with van der Waals surface area (Å²) < 4.78 is 6.97. The van der Waals surface area contributed by atoms with Crippen LogP contribution in [-0.4, -0.2) is 22.6 Å². The van der Waals surface area contributed by atoms with E-state index in [2.05, 4.69) is 9.55 Å². The van der Waals surface area contributed by atoms with Gasteiger partial charge in [0.15, 0.2) is 5.15 Å². The Balaban J connectivity index is 1.91. The molecule has 0 radical (unpaired) electrons. The molecule has 1 unspecified atom stereocenters. The van der Waals surface area contributed by atoms with Crippen LogP contribution in [0.3, 0.4) is 0 Å². The normalized spacial score (nSPS) is 23.3. The fourth-order valence-corrected chi connectivity index (χ4v) is 2.83. The molecule has 4 nitrogen and oxygen atoms in total. The smallest absolute Gasteiger partial charge is 0.310 e. The van der Waals surface area contributed by atoms with Crippen molar-refractivity contribution in [2.45, 2.75) is 38.1 Å². The molecule has 0 amide bonds. The summed E-state index contributed by atoms with van der Waals surface area (Å²) in [4.78, 5) is 16.0. The number of imidazole rings is 1. The van der Waals surface area contributed by atoms with Gasteiger partial charge in [0.1, 0.15) is 5.82 Å². The molecule has 0 bridgehead atoms. The summed E-state index contributed by atoms with van der Waals surface area (Å²) in [5.74, 6) is 1.45. The number of nitrogens with zero attached hydrogens (tertiary/aromatic N) is 2. The van der Waals surface area contributed by atoms with E-state index in [-0.39, 0.29) is 11.9 Å². The first kappa shape index (κ1) is 11.1. The first-order chi connectivity index (χ1) is 8.20. The van der Waals surface area contributed by atoms with Gasteiger partial charge in [-0.3, -0.25) is 4.79 Å². The highest BCUT2D eigenvalue weighted by molar-refractivity contribution is 6.30. The third kappa shape index (κ3) is 1.84. The highest BCUT2D eigenvalue weighted by Crippen LogP contribution is 2.42. The van der Waals surface area contributed by atoms with Crippen LogP contribution in [0, 0.1) is 5.92 Å². The van der Waals surface area contributed by atoms with Crippen molar-refractivity contribution in [3.8, 4) is 0 Å². The van der Waals surface area contributed by atoms with Gasteiger partial charge in [0.05, 0.1) is 18.7 Å². The zero-order valence-corrected chi connectivity index (χ0v) is 10.5. The number of halogens is 1. The van der Waals surface area contributed by atoms with Crippen LogP contribution < -0.4 is 0 Å². The zero-order chi connectivity index (χ0) is 12.0. The number of ether oxygens (including phenoxy) is 1. The monoisotopic (exact) mass is 254 g/mol. The van der Waals surface area contributed by atoms with Gasteiger partial charge in [0.2, 0.25) is 0 Å². The summed E-state index contributed by atoms with van der Waals surface area (Å²) in [7, 11) is 1.44. The molecule has 1 atom stereocenters. The fourth-order valence-electron chi connectivity index (χ4n) is 2.55. The topological polar surface area (TPSA) is 44.1 Å². The Morgan fingerprint density at radius 1 is 1.47 bits per heavy atom. The van der Waals surface area contributed by atoms with Crippen LogP contribution in [0.2, 0.25) is 5.15 Å². The van der Waals surface area contributed by atoms with Gasteiger partial charge in [-0.15, -0.1) is 0 Å². The lowest BCUT2D eigenvalue weighted by molar-refractivity contribution is -0.146. The Hall–Kier alpha value is -1.03. The Labute approximate surface area is 105 Å². The van der Waals surface area contributed by atoms with Crippen molar-refractivity contribution in [1.82, 2.24) is 9.55 Å². The Morgan fingerprint density at radius 2 is 2.24 bits per heavy atom. The van der Waals surface area contributed by atoms with Gasteiger partial charge in [0.25, 0.3) is 0 Å². The van der Waals surface area contributed by atoms with Gasteiger partial charge >= 0.3 is 5.97 Å². The van der Waals surface area contributed by atoms with Gasteiger partial charge in [-0.2, -0.15) is 0 Å². The van der Waals surface area contributed by atoms with E-state index < -0.39 is 0 Å². The summed E-state index contributed by atoms with van der Waals surface area (Å²) in [6.45, 7) is 0.674. The third-order valence-electron chi connectivity index (χ3n) is 3.66. The summed E-state index contributed by atoms with van der Waals surface area (Å²) in [6, 6.07) is 0. The highest BCUT2D eigenvalue weighted by atomic mass is 35.5. The molecule has 0 aromatic carbocycles. The molecule has 1 aromatic heterocycles. The lowest BCUT2D eigenvalue weighted by Crippen LogP contribution is -2.28. The van der Waals surface area contributed by atoms with Gasteiger partial charge in [-0.05, 0) is 25.7 Å². The lowest BCUT2D eigenvalue weighted by Gasteiger charge is -2.23. The van der Waals surface area contributed by atoms with Crippen molar-refractivity contribution < 1.29 is 9.53 Å². The van der Waals surface area contributed by atoms with Crippen molar-refractivity contribution >= 4 is 17.6 Å². The molecule has 1 saturated carbocycles. The molecule has 2 aliphatic rings. The number of methoxy groups -OCH3 is 1. The second-order valence-electron chi connectivity index (χ2n) is 4.85. The molecule has 2 heterocycles.